The van der Waals surface area contributed by atoms with Crippen molar-refractivity contribution in [2.45, 2.75) is 13.8 Å². The molecule has 0 saturated carbocycles. The number of halogens is 1. The highest BCUT2D eigenvalue weighted by molar-refractivity contribution is 6.04. The number of aryl methyl sites for hydroxylation is 2. The summed E-state index contributed by atoms with van der Waals surface area (Å²) < 4.78 is 17.0. The van der Waals surface area contributed by atoms with Gasteiger partial charge in [0.15, 0.2) is 0 Å². The van der Waals surface area contributed by atoms with E-state index in [2.05, 4.69) is 15.3 Å². The third-order valence-corrected chi connectivity index (χ3v) is 4.98. The zero-order chi connectivity index (χ0) is 20.8. The lowest BCUT2D eigenvalue weighted by molar-refractivity contribution is 0.102. The van der Waals surface area contributed by atoms with E-state index in [1.54, 1.807) is 22.7 Å². The van der Waals surface area contributed by atoms with Gasteiger partial charge < -0.3 is 9.72 Å². The number of nitrogens with one attached hydrogen (secondary N) is 1. The highest BCUT2D eigenvalue weighted by Crippen LogP contribution is 2.29. The molecule has 0 aliphatic carbocycles. The van der Waals surface area contributed by atoms with Crippen molar-refractivity contribution >= 4 is 23.0 Å². The van der Waals surface area contributed by atoms with E-state index in [1.165, 1.54) is 12.1 Å². The summed E-state index contributed by atoms with van der Waals surface area (Å²) in [6.07, 6.45) is 5.41. The van der Waals surface area contributed by atoms with Gasteiger partial charge in [0.2, 0.25) is 0 Å². The van der Waals surface area contributed by atoms with Gasteiger partial charge in [0.05, 0.1) is 0 Å². The Morgan fingerprint density at radius 2 is 1.63 bits per heavy atom. The average molecular weight is 399 g/mol. The lowest BCUT2D eigenvalue weighted by atomic mass is 10.1. The summed E-state index contributed by atoms with van der Waals surface area (Å²) in [7, 11) is 0. The molecule has 0 bridgehead atoms. The first-order valence-electron chi connectivity index (χ1n) is 9.49. The number of pyridine rings is 2. The molecule has 0 fully saturated rings. The Morgan fingerprint density at radius 1 is 0.933 bits per heavy atom. The number of benzene rings is 1. The van der Waals surface area contributed by atoms with Gasteiger partial charge in [-0.3, -0.25) is 9.20 Å². The van der Waals surface area contributed by atoms with E-state index in [0.29, 0.717) is 34.1 Å². The van der Waals surface area contributed by atoms with E-state index in [-0.39, 0.29) is 11.7 Å². The van der Waals surface area contributed by atoms with E-state index < -0.39 is 0 Å². The van der Waals surface area contributed by atoms with Crippen LogP contribution in [0.2, 0.25) is 0 Å². The van der Waals surface area contributed by atoms with Crippen LogP contribution < -0.4 is 5.32 Å². The second kappa shape index (κ2) is 6.81. The molecule has 30 heavy (non-hydrogen) atoms. The zero-order valence-corrected chi connectivity index (χ0v) is 16.4. The van der Waals surface area contributed by atoms with Crippen LogP contribution in [0.1, 0.15) is 21.6 Å². The van der Waals surface area contributed by atoms with Gasteiger partial charge in [0.25, 0.3) is 5.91 Å². The number of imidazole rings is 2. The second-order valence-electron chi connectivity index (χ2n) is 7.30. The first-order chi connectivity index (χ1) is 14.5. The minimum Gasteiger partial charge on any atom is -0.306 e. The number of hydrogen-bond acceptors (Lipinski definition) is 3. The SMILES string of the molecule is Cc1ccn2cc(C(=O)Nc3c(-c4ccc(F)cc4)nc4cc(C)ccn34)nc2c1. The summed E-state index contributed by atoms with van der Waals surface area (Å²) in [4.78, 5) is 22.1. The van der Waals surface area contributed by atoms with Crippen LogP contribution in [0, 0.1) is 19.7 Å². The zero-order valence-electron chi connectivity index (χ0n) is 16.4. The molecular weight excluding hydrogens is 381 g/mol. The summed E-state index contributed by atoms with van der Waals surface area (Å²) >= 11 is 0. The Labute approximate surface area is 171 Å². The van der Waals surface area contributed by atoms with Gasteiger partial charge >= 0.3 is 0 Å². The molecule has 0 unspecified atom stereocenters. The number of amides is 1. The molecule has 0 radical (unpaired) electrons. The van der Waals surface area contributed by atoms with Crippen LogP contribution in [0.5, 0.6) is 0 Å². The van der Waals surface area contributed by atoms with Gasteiger partial charge in [0.1, 0.15) is 34.3 Å². The topological polar surface area (TPSA) is 63.7 Å². The van der Waals surface area contributed by atoms with Crippen molar-refractivity contribution in [1.29, 1.82) is 0 Å². The van der Waals surface area contributed by atoms with Gasteiger partial charge in [-0.1, -0.05) is 0 Å². The van der Waals surface area contributed by atoms with Crippen molar-refractivity contribution < 1.29 is 9.18 Å². The largest absolute Gasteiger partial charge is 0.306 e. The van der Waals surface area contributed by atoms with Crippen molar-refractivity contribution in [3.8, 4) is 11.3 Å². The number of carbonyl (C=O) groups excluding carboxylic acids is 1. The highest BCUT2D eigenvalue weighted by Gasteiger charge is 2.19. The molecule has 1 aromatic carbocycles. The van der Waals surface area contributed by atoms with Gasteiger partial charge in [-0.05, 0) is 73.5 Å². The number of carbonyl (C=O) groups is 1. The maximum absolute atomic E-state index is 13.4. The number of aromatic nitrogens is 4. The number of fused-ring (bicyclic) bond motifs is 2. The third-order valence-electron chi connectivity index (χ3n) is 4.98. The van der Waals surface area contributed by atoms with Crippen molar-refractivity contribution in [1.82, 2.24) is 18.8 Å². The van der Waals surface area contributed by atoms with E-state index >= 15 is 0 Å². The molecule has 0 spiro atoms. The van der Waals surface area contributed by atoms with Crippen molar-refractivity contribution in [3.05, 3.63) is 89.8 Å². The van der Waals surface area contributed by atoms with Crippen molar-refractivity contribution in [2.24, 2.45) is 0 Å². The Bertz CT molecular complexity index is 1420. The van der Waals surface area contributed by atoms with Crippen LogP contribution in [0.4, 0.5) is 10.2 Å². The van der Waals surface area contributed by atoms with Crippen LogP contribution in [-0.2, 0) is 0 Å². The first-order valence-corrected chi connectivity index (χ1v) is 9.49. The standard InChI is InChI=1S/C23H18FN5O/c1-14-7-9-28-13-18(25-19(28)11-14)23(30)27-22-21(16-3-5-17(24)6-4-16)26-20-12-15(2)8-10-29(20)22/h3-13H,1-2H3,(H,27,30). The molecule has 7 heteroatoms. The molecule has 1 N–H and O–H groups in total. The lowest BCUT2D eigenvalue weighted by Gasteiger charge is -2.07. The Hall–Kier alpha value is -4.00. The normalized spacial score (nSPS) is 11.3. The van der Waals surface area contributed by atoms with E-state index in [9.17, 15) is 9.18 Å². The predicted octanol–water partition coefficient (Wildman–Crippen LogP) is 4.66. The fourth-order valence-electron chi connectivity index (χ4n) is 3.44. The molecule has 0 aliphatic rings. The van der Waals surface area contributed by atoms with Crippen LogP contribution in [-0.4, -0.2) is 24.7 Å². The summed E-state index contributed by atoms with van der Waals surface area (Å²) in [5, 5.41) is 2.95. The smallest absolute Gasteiger partial charge is 0.277 e. The van der Waals surface area contributed by atoms with Crippen LogP contribution >= 0.6 is 0 Å². The number of anilines is 1. The minimum absolute atomic E-state index is 0.299. The van der Waals surface area contributed by atoms with Crippen LogP contribution in [0.3, 0.4) is 0 Å². The lowest BCUT2D eigenvalue weighted by Crippen LogP contribution is -2.14. The van der Waals surface area contributed by atoms with E-state index in [1.807, 2.05) is 54.9 Å². The molecule has 1 amide bonds. The Morgan fingerprint density at radius 3 is 2.40 bits per heavy atom. The highest BCUT2D eigenvalue weighted by atomic mass is 19.1. The minimum atomic E-state index is -0.345. The Kier molecular flexibility index (Phi) is 4.10. The van der Waals surface area contributed by atoms with Gasteiger partial charge in [-0.2, -0.15) is 0 Å². The molecule has 4 heterocycles. The third kappa shape index (κ3) is 3.10. The molecule has 6 nitrogen and oxygen atoms in total. The fourth-order valence-corrected chi connectivity index (χ4v) is 3.44. The number of nitrogens with zero attached hydrogens (tertiary/aromatic N) is 4. The summed E-state index contributed by atoms with van der Waals surface area (Å²) in [5.41, 5.74) is 5.07. The first kappa shape index (κ1) is 18.1. The molecule has 0 saturated heterocycles. The van der Waals surface area contributed by atoms with E-state index in [4.69, 9.17) is 0 Å². The summed E-state index contributed by atoms with van der Waals surface area (Å²) in [6.45, 7) is 3.95. The van der Waals surface area contributed by atoms with Gasteiger partial charge in [-0.25, -0.2) is 14.4 Å². The number of rotatable bonds is 3. The summed E-state index contributed by atoms with van der Waals surface area (Å²) in [5.74, 6) is -0.166. The van der Waals surface area contributed by atoms with Crippen LogP contribution in [0.15, 0.2) is 67.1 Å². The molecule has 0 atom stereocenters. The second-order valence-corrected chi connectivity index (χ2v) is 7.30. The van der Waals surface area contributed by atoms with Crippen molar-refractivity contribution in [3.63, 3.8) is 0 Å². The maximum atomic E-state index is 13.4. The fraction of sp³-hybridized carbons (Fsp3) is 0.0870. The molecule has 4 aromatic heterocycles. The van der Waals surface area contributed by atoms with E-state index in [0.717, 1.165) is 11.1 Å². The monoisotopic (exact) mass is 399 g/mol. The Balaban J connectivity index is 1.60. The molecule has 5 aromatic rings. The molecule has 5 rings (SSSR count). The van der Waals surface area contributed by atoms with Gasteiger partial charge in [0, 0.05) is 24.2 Å². The van der Waals surface area contributed by atoms with Crippen LogP contribution in [0.25, 0.3) is 22.6 Å². The van der Waals surface area contributed by atoms with Gasteiger partial charge in [-0.15, -0.1) is 0 Å². The molecule has 148 valence electrons. The number of hydrogen-bond donors (Lipinski definition) is 1. The van der Waals surface area contributed by atoms with Crippen molar-refractivity contribution in [2.75, 3.05) is 5.32 Å². The quantitative estimate of drug-likeness (QED) is 0.480. The molecular formula is C23H18FN5O. The molecule has 0 aliphatic heterocycles. The average Bonchev–Trinajstić information content (AvgIpc) is 3.29. The predicted molar refractivity (Wildman–Crippen MR) is 113 cm³/mol. The summed E-state index contributed by atoms with van der Waals surface area (Å²) in [6, 6.07) is 13.8. The maximum Gasteiger partial charge on any atom is 0.277 e.